The summed E-state index contributed by atoms with van der Waals surface area (Å²) in [7, 11) is 0. The normalized spacial score (nSPS) is 17.0. The fraction of sp³-hybridized carbons (Fsp3) is 0.636. The Balaban J connectivity index is 2.73. The molecule has 1 nitrogen and oxygen atoms in total. The van der Waals surface area contributed by atoms with E-state index in [1.54, 1.807) is 11.3 Å². The Morgan fingerprint density at radius 3 is 2.31 bits per heavy atom. The molecule has 0 aromatic carbocycles. The van der Waals surface area contributed by atoms with Crippen LogP contribution in [-0.2, 0) is 6.42 Å². The first-order valence-corrected chi connectivity index (χ1v) is 5.51. The topological polar surface area (TPSA) is 20.2 Å². The first-order valence-electron chi connectivity index (χ1n) is 4.56. The third-order valence-electron chi connectivity index (χ3n) is 2.74. The highest BCUT2D eigenvalue weighted by atomic mass is 32.1. The minimum atomic E-state index is -0.631. The second kappa shape index (κ2) is 3.43. The van der Waals surface area contributed by atoms with Gasteiger partial charge in [0, 0.05) is 6.42 Å². The van der Waals surface area contributed by atoms with Crippen molar-refractivity contribution in [2.45, 2.75) is 39.7 Å². The first-order chi connectivity index (χ1) is 5.83. The standard InChI is InChI=1S/C11H18OS/c1-10(2,3)11(4,12)7-9-5-6-13-8-9/h5-6,8,12H,7H2,1-4H3. The van der Waals surface area contributed by atoms with E-state index in [9.17, 15) is 5.11 Å². The van der Waals surface area contributed by atoms with Crippen molar-refractivity contribution in [3.63, 3.8) is 0 Å². The molecule has 0 amide bonds. The van der Waals surface area contributed by atoms with Crippen molar-refractivity contribution in [1.29, 1.82) is 0 Å². The van der Waals surface area contributed by atoms with Gasteiger partial charge in [-0.2, -0.15) is 11.3 Å². The summed E-state index contributed by atoms with van der Waals surface area (Å²) in [6, 6.07) is 2.07. The van der Waals surface area contributed by atoms with E-state index in [1.807, 2.05) is 12.3 Å². The van der Waals surface area contributed by atoms with Gasteiger partial charge < -0.3 is 5.11 Å². The van der Waals surface area contributed by atoms with Crippen molar-refractivity contribution >= 4 is 11.3 Å². The van der Waals surface area contributed by atoms with Crippen LogP contribution in [0.25, 0.3) is 0 Å². The molecule has 74 valence electrons. The predicted molar refractivity (Wildman–Crippen MR) is 58.1 cm³/mol. The van der Waals surface area contributed by atoms with Crippen LogP contribution in [0.5, 0.6) is 0 Å². The molecular weight excluding hydrogens is 180 g/mol. The minimum absolute atomic E-state index is 0.0745. The van der Waals surface area contributed by atoms with Gasteiger partial charge >= 0.3 is 0 Å². The van der Waals surface area contributed by atoms with E-state index in [4.69, 9.17) is 0 Å². The number of hydrogen-bond donors (Lipinski definition) is 1. The maximum absolute atomic E-state index is 10.2. The van der Waals surface area contributed by atoms with Crippen molar-refractivity contribution in [3.8, 4) is 0 Å². The van der Waals surface area contributed by atoms with E-state index >= 15 is 0 Å². The van der Waals surface area contributed by atoms with Crippen LogP contribution < -0.4 is 0 Å². The Labute approximate surface area is 84.4 Å². The van der Waals surface area contributed by atoms with Gasteiger partial charge in [-0.1, -0.05) is 20.8 Å². The van der Waals surface area contributed by atoms with Crippen LogP contribution in [0, 0.1) is 5.41 Å². The van der Waals surface area contributed by atoms with E-state index in [1.165, 1.54) is 5.56 Å². The van der Waals surface area contributed by atoms with Gasteiger partial charge in [-0.25, -0.2) is 0 Å². The second-order valence-electron chi connectivity index (χ2n) is 4.83. The Hall–Kier alpha value is -0.340. The van der Waals surface area contributed by atoms with Crippen LogP contribution in [0.3, 0.4) is 0 Å². The van der Waals surface area contributed by atoms with Gasteiger partial charge in [0.05, 0.1) is 5.60 Å². The third kappa shape index (κ3) is 2.55. The van der Waals surface area contributed by atoms with E-state index in [2.05, 4.69) is 32.2 Å². The average Bonchev–Trinajstić information content (AvgIpc) is 2.35. The van der Waals surface area contributed by atoms with Gasteiger partial charge in [0.2, 0.25) is 0 Å². The van der Waals surface area contributed by atoms with Crippen molar-refractivity contribution in [2.24, 2.45) is 5.41 Å². The molecule has 1 unspecified atom stereocenters. The van der Waals surface area contributed by atoms with Crippen LogP contribution in [0.1, 0.15) is 33.3 Å². The van der Waals surface area contributed by atoms with Gasteiger partial charge in [-0.05, 0) is 34.7 Å². The molecule has 0 spiro atoms. The van der Waals surface area contributed by atoms with Gasteiger partial charge in [0.15, 0.2) is 0 Å². The van der Waals surface area contributed by atoms with Crippen LogP contribution >= 0.6 is 11.3 Å². The van der Waals surface area contributed by atoms with Crippen LogP contribution in [0.4, 0.5) is 0 Å². The van der Waals surface area contributed by atoms with Crippen LogP contribution in [0.2, 0.25) is 0 Å². The van der Waals surface area contributed by atoms with Crippen molar-refractivity contribution in [1.82, 2.24) is 0 Å². The van der Waals surface area contributed by atoms with E-state index in [0.717, 1.165) is 6.42 Å². The third-order valence-corrected chi connectivity index (χ3v) is 3.48. The maximum Gasteiger partial charge on any atom is 0.0708 e. The van der Waals surface area contributed by atoms with Crippen molar-refractivity contribution in [2.75, 3.05) is 0 Å². The number of rotatable bonds is 2. The van der Waals surface area contributed by atoms with Gasteiger partial charge in [0.1, 0.15) is 0 Å². The summed E-state index contributed by atoms with van der Waals surface area (Å²) in [6.45, 7) is 8.11. The number of hydrogen-bond acceptors (Lipinski definition) is 2. The lowest BCUT2D eigenvalue weighted by Crippen LogP contribution is -2.41. The molecule has 0 aliphatic heterocycles. The molecule has 0 saturated carbocycles. The molecule has 1 atom stereocenters. The zero-order valence-corrected chi connectivity index (χ0v) is 9.61. The zero-order chi connectivity index (χ0) is 10.1. The summed E-state index contributed by atoms with van der Waals surface area (Å²) in [5.41, 5.74) is 0.521. The lowest BCUT2D eigenvalue weighted by atomic mass is 9.75. The Morgan fingerprint density at radius 2 is 1.92 bits per heavy atom. The molecule has 0 saturated heterocycles. The molecule has 1 heterocycles. The Kier molecular flexibility index (Phi) is 2.83. The molecule has 1 aromatic rings. The second-order valence-corrected chi connectivity index (χ2v) is 5.61. The van der Waals surface area contributed by atoms with Crippen LogP contribution in [0.15, 0.2) is 16.8 Å². The van der Waals surface area contributed by atoms with Crippen molar-refractivity contribution in [3.05, 3.63) is 22.4 Å². The number of thiophene rings is 1. The summed E-state index contributed by atoms with van der Waals surface area (Å²) in [6.07, 6.45) is 0.736. The van der Waals surface area contributed by atoms with E-state index < -0.39 is 5.60 Å². The molecule has 0 aliphatic rings. The molecule has 0 fully saturated rings. The summed E-state index contributed by atoms with van der Waals surface area (Å²) in [5.74, 6) is 0. The molecule has 0 bridgehead atoms. The largest absolute Gasteiger partial charge is 0.389 e. The molecule has 1 rings (SSSR count). The highest BCUT2D eigenvalue weighted by molar-refractivity contribution is 7.07. The Bertz CT molecular complexity index is 254. The van der Waals surface area contributed by atoms with E-state index in [-0.39, 0.29) is 5.41 Å². The van der Waals surface area contributed by atoms with Crippen molar-refractivity contribution < 1.29 is 5.11 Å². The SMILES string of the molecule is CC(C)(C)C(C)(O)Cc1ccsc1. The fourth-order valence-electron chi connectivity index (χ4n) is 1.06. The Morgan fingerprint density at radius 1 is 1.31 bits per heavy atom. The average molecular weight is 198 g/mol. The highest BCUT2D eigenvalue weighted by Crippen LogP contribution is 2.33. The first kappa shape index (κ1) is 10.7. The maximum atomic E-state index is 10.2. The molecule has 0 radical (unpaired) electrons. The number of aliphatic hydroxyl groups is 1. The quantitative estimate of drug-likeness (QED) is 0.774. The fourth-order valence-corrected chi connectivity index (χ4v) is 1.72. The minimum Gasteiger partial charge on any atom is -0.389 e. The lowest BCUT2D eigenvalue weighted by Gasteiger charge is -2.37. The summed E-state index contributed by atoms with van der Waals surface area (Å²) < 4.78 is 0. The van der Waals surface area contributed by atoms with E-state index in [0.29, 0.717) is 0 Å². The monoisotopic (exact) mass is 198 g/mol. The molecule has 1 aromatic heterocycles. The lowest BCUT2D eigenvalue weighted by molar-refractivity contribution is -0.0404. The predicted octanol–water partition coefficient (Wildman–Crippen LogP) is 3.09. The summed E-state index contributed by atoms with van der Waals surface area (Å²) in [4.78, 5) is 0. The van der Waals surface area contributed by atoms with Gasteiger partial charge in [-0.15, -0.1) is 0 Å². The smallest absolute Gasteiger partial charge is 0.0708 e. The molecule has 2 heteroatoms. The molecule has 0 aliphatic carbocycles. The van der Waals surface area contributed by atoms with Gasteiger partial charge in [-0.3, -0.25) is 0 Å². The van der Waals surface area contributed by atoms with Crippen LogP contribution in [-0.4, -0.2) is 10.7 Å². The summed E-state index contributed by atoms with van der Waals surface area (Å²) in [5, 5.41) is 14.4. The highest BCUT2D eigenvalue weighted by Gasteiger charge is 2.35. The molecular formula is C11H18OS. The molecule has 1 N–H and O–H groups in total. The summed E-state index contributed by atoms with van der Waals surface area (Å²) >= 11 is 1.68. The zero-order valence-electron chi connectivity index (χ0n) is 8.79. The molecule has 13 heavy (non-hydrogen) atoms. The van der Waals surface area contributed by atoms with Gasteiger partial charge in [0.25, 0.3) is 0 Å².